The molecule has 0 aliphatic carbocycles. The molecular weight excluding hydrogens is 262 g/mol. The molecule has 1 rings (SSSR count). The van der Waals surface area contributed by atoms with Crippen LogP contribution in [-0.4, -0.2) is 55.2 Å². The second-order valence-corrected chi connectivity index (χ2v) is 4.55. The van der Waals surface area contributed by atoms with Gasteiger partial charge in [-0.15, -0.1) is 0 Å². The molecule has 7 nitrogen and oxygen atoms in total. The normalized spacial score (nSPS) is 16.6. The first-order valence-corrected chi connectivity index (χ1v) is 6.44. The van der Waals surface area contributed by atoms with Crippen molar-refractivity contribution in [3.8, 4) is 6.07 Å². The molecule has 0 unspecified atom stereocenters. The van der Waals surface area contributed by atoms with Crippen LogP contribution in [0.5, 0.6) is 0 Å². The van der Waals surface area contributed by atoms with Crippen LogP contribution in [-0.2, 0) is 14.3 Å². The predicted octanol–water partition coefficient (Wildman–Crippen LogP) is -0.0469. The van der Waals surface area contributed by atoms with E-state index in [2.05, 4.69) is 5.32 Å². The third kappa shape index (κ3) is 4.90. The summed E-state index contributed by atoms with van der Waals surface area (Å²) in [4.78, 5) is 24.4. The number of aliphatic carboxylic acids is 1. The highest BCUT2D eigenvalue weighted by Crippen LogP contribution is 2.18. The van der Waals surface area contributed by atoms with E-state index in [-0.39, 0.29) is 11.5 Å². The van der Waals surface area contributed by atoms with Gasteiger partial charge < -0.3 is 20.1 Å². The second kappa shape index (κ2) is 8.17. The molecule has 0 aromatic rings. The van der Waals surface area contributed by atoms with Crippen molar-refractivity contribution in [2.45, 2.75) is 12.8 Å². The van der Waals surface area contributed by atoms with Crippen LogP contribution in [0.3, 0.4) is 0 Å². The molecule has 0 aromatic carbocycles. The van der Waals surface area contributed by atoms with Crippen molar-refractivity contribution in [1.29, 1.82) is 5.26 Å². The summed E-state index contributed by atoms with van der Waals surface area (Å²) in [5, 5.41) is 20.5. The van der Waals surface area contributed by atoms with Crippen molar-refractivity contribution in [2.24, 2.45) is 5.92 Å². The number of nitrogens with one attached hydrogen (secondary N) is 1. The molecule has 0 radical (unpaired) electrons. The van der Waals surface area contributed by atoms with Gasteiger partial charge in [-0.05, 0) is 12.8 Å². The van der Waals surface area contributed by atoms with Crippen molar-refractivity contribution in [3.05, 3.63) is 11.8 Å². The first-order valence-electron chi connectivity index (χ1n) is 6.44. The topological polar surface area (TPSA) is 103 Å². The van der Waals surface area contributed by atoms with Crippen LogP contribution in [0, 0.1) is 17.2 Å². The van der Waals surface area contributed by atoms with E-state index in [4.69, 9.17) is 15.1 Å². The lowest BCUT2D eigenvalue weighted by Gasteiger charge is -2.29. The highest BCUT2D eigenvalue weighted by molar-refractivity contribution is 5.97. The lowest BCUT2D eigenvalue weighted by atomic mass is 9.97. The van der Waals surface area contributed by atoms with Gasteiger partial charge in [0.25, 0.3) is 5.91 Å². The molecule has 0 saturated carbocycles. The molecule has 0 aromatic heterocycles. The maximum absolute atomic E-state index is 11.7. The summed E-state index contributed by atoms with van der Waals surface area (Å²) in [6, 6.07) is 1.86. The summed E-state index contributed by atoms with van der Waals surface area (Å²) in [7, 11) is 1.53. The van der Waals surface area contributed by atoms with Crippen molar-refractivity contribution in [2.75, 3.05) is 33.4 Å². The molecule has 20 heavy (non-hydrogen) atoms. The van der Waals surface area contributed by atoms with E-state index in [0.29, 0.717) is 39.1 Å². The number of carboxylic acid groups (broad SMARTS) is 1. The molecule has 2 N–H and O–H groups in total. The first kappa shape index (κ1) is 16.0. The van der Waals surface area contributed by atoms with Gasteiger partial charge >= 0.3 is 5.97 Å². The molecule has 0 spiro atoms. The minimum atomic E-state index is -0.786. The summed E-state index contributed by atoms with van der Waals surface area (Å²) >= 11 is 0. The lowest BCUT2D eigenvalue weighted by Crippen LogP contribution is -2.34. The Morgan fingerprint density at radius 1 is 1.50 bits per heavy atom. The van der Waals surface area contributed by atoms with E-state index in [9.17, 15) is 9.59 Å². The quantitative estimate of drug-likeness (QED) is 0.402. The van der Waals surface area contributed by atoms with E-state index in [1.807, 2.05) is 11.0 Å². The zero-order valence-electron chi connectivity index (χ0n) is 11.5. The van der Waals surface area contributed by atoms with Gasteiger partial charge in [-0.3, -0.25) is 9.59 Å². The fourth-order valence-electron chi connectivity index (χ4n) is 1.96. The molecule has 1 heterocycles. The minimum absolute atomic E-state index is 0.0230. The number of hydrogen-bond acceptors (Lipinski definition) is 5. The van der Waals surface area contributed by atoms with Gasteiger partial charge in [0, 0.05) is 32.9 Å². The number of carbonyl (C=O) groups excluding carboxylic acids is 1. The van der Waals surface area contributed by atoms with Crippen molar-refractivity contribution < 1.29 is 19.4 Å². The van der Waals surface area contributed by atoms with Crippen LogP contribution in [0.4, 0.5) is 0 Å². The molecular formula is C13H19N3O4. The summed E-state index contributed by atoms with van der Waals surface area (Å²) < 4.78 is 4.81. The molecule has 110 valence electrons. The van der Waals surface area contributed by atoms with Crippen LogP contribution < -0.4 is 5.32 Å². The monoisotopic (exact) mass is 281 g/mol. The van der Waals surface area contributed by atoms with Gasteiger partial charge in [0.15, 0.2) is 0 Å². The van der Waals surface area contributed by atoms with Crippen LogP contribution in [0.25, 0.3) is 0 Å². The van der Waals surface area contributed by atoms with Crippen molar-refractivity contribution in [1.82, 2.24) is 10.2 Å². The SMILES string of the molecule is COCCNC(=O)/C(C#N)=C\N1CCC(C(=O)O)CC1. The molecule has 1 amide bonds. The molecule has 0 atom stereocenters. The molecule has 7 heteroatoms. The molecule has 1 fully saturated rings. The average Bonchev–Trinajstić information content (AvgIpc) is 2.45. The number of methoxy groups -OCH3 is 1. The molecule has 1 saturated heterocycles. The standard InChI is InChI=1S/C13H19N3O4/c1-20-7-4-15-12(17)11(8-14)9-16-5-2-10(3-6-16)13(18)19/h9-10H,2-7H2,1H3,(H,15,17)(H,18,19)/b11-9-. The Labute approximate surface area is 117 Å². The van der Waals surface area contributed by atoms with Gasteiger partial charge in [0.2, 0.25) is 0 Å². The molecule has 1 aliphatic rings. The highest BCUT2D eigenvalue weighted by Gasteiger charge is 2.23. The van der Waals surface area contributed by atoms with Gasteiger partial charge in [-0.2, -0.15) is 5.26 Å². The largest absolute Gasteiger partial charge is 0.481 e. The number of amides is 1. The van der Waals surface area contributed by atoms with Crippen molar-refractivity contribution >= 4 is 11.9 Å². The Hall–Kier alpha value is -2.07. The Morgan fingerprint density at radius 2 is 2.15 bits per heavy atom. The zero-order chi connectivity index (χ0) is 15.0. The molecule has 0 bridgehead atoms. The maximum Gasteiger partial charge on any atom is 0.306 e. The van der Waals surface area contributed by atoms with Crippen LogP contribution >= 0.6 is 0 Å². The van der Waals surface area contributed by atoms with Crippen LogP contribution in [0.2, 0.25) is 0 Å². The van der Waals surface area contributed by atoms with E-state index >= 15 is 0 Å². The van der Waals surface area contributed by atoms with E-state index in [1.54, 1.807) is 0 Å². The number of likely N-dealkylation sites (tertiary alicyclic amines) is 1. The number of carboxylic acids is 1. The Bertz CT molecular complexity index is 420. The number of hydrogen-bond donors (Lipinski definition) is 2. The summed E-state index contributed by atoms with van der Waals surface area (Å²) in [6.07, 6.45) is 2.55. The Kier molecular flexibility index (Phi) is 6.53. The first-order chi connectivity index (χ1) is 9.58. The van der Waals surface area contributed by atoms with Gasteiger partial charge in [-0.1, -0.05) is 0 Å². The Balaban J connectivity index is 2.52. The third-order valence-electron chi connectivity index (χ3n) is 3.15. The number of ether oxygens (including phenoxy) is 1. The Morgan fingerprint density at radius 3 is 2.65 bits per heavy atom. The smallest absolute Gasteiger partial charge is 0.306 e. The molecule has 1 aliphatic heterocycles. The highest BCUT2D eigenvalue weighted by atomic mass is 16.5. The van der Waals surface area contributed by atoms with Gasteiger partial charge in [0.05, 0.1) is 12.5 Å². The summed E-state index contributed by atoms with van der Waals surface area (Å²) in [5.74, 6) is -1.56. The fraction of sp³-hybridized carbons (Fsp3) is 0.615. The summed E-state index contributed by atoms with van der Waals surface area (Å²) in [6.45, 7) is 1.80. The zero-order valence-corrected chi connectivity index (χ0v) is 11.5. The number of nitriles is 1. The maximum atomic E-state index is 11.7. The van der Waals surface area contributed by atoms with Gasteiger partial charge in [-0.25, -0.2) is 0 Å². The fourth-order valence-corrected chi connectivity index (χ4v) is 1.96. The predicted molar refractivity (Wildman–Crippen MR) is 70.5 cm³/mol. The van der Waals surface area contributed by atoms with Crippen LogP contribution in [0.15, 0.2) is 11.8 Å². The minimum Gasteiger partial charge on any atom is -0.481 e. The van der Waals surface area contributed by atoms with Gasteiger partial charge in [0.1, 0.15) is 11.6 Å². The van der Waals surface area contributed by atoms with E-state index in [1.165, 1.54) is 13.3 Å². The average molecular weight is 281 g/mol. The van der Waals surface area contributed by atoms with E-state index in [0.717, 1.165) is 0 Å². The number of rotatable bonds is 6. The number of piperidine rings is 1. The van der Waals surface area contributed by atoms with Crippen molar-refractivity contribution in [3.63, 3.8) is 0 Å². The summed E-state index contributed by atoms with van der Waals surface area (Å²) in [5.41, 5.74) is 0.0230. The number of nitrogens with zero attached hydrogens (tertiary/aromatic N) is 2. The van der Waals surface area contributed by atoms with E-state index < -0.39 is 11.9 Å². The third-order valence-corrected chi connectivity index (χ3v) is 3.15. The van der Waals surface area contributed by atoms with Crippen LogP contribution in [0.1, 0.15) is 12.8 Å². The second-order valence-electron chi connectivity index (χ2n) is 4.55. The lowest BCUT2D eigenvalue weighted by molar-refractivity contribution is -0.143. The number of carbonyl (C=O) groups is 2.